The third kappa shape index (κ3) is 2.73. The van der Waals surface area contributed by atoms with Gasteiger partial charge in [0.2, 0.25) is 0 Å². The molecule has 23 heavy (non-hydrogen) atoms. The summed E-state index contributed by atoms with van der Waals surface area (Å²) >= 11 is 7.06. The number of fused-ring (bicyclic) bond motifs is 1. The number of nitrogens with one attached hydrogen (secondary N) is 1. The van der Waals surface area contributed by atoms with Crippen LogP contribution < -0.4 is 10.9 Å². The van der Waals surface area contributed by atoms with Crippen molar-refractivity contribution < 1.29 is 9.18 Å². The predicted octanol–water partition coefficient (Wildman–Crippen LogP) is 3.42. The molecular weight excluding hydrogens is 341 g/mol. The molecule has 0 unspecified atom stereocenters. The van der Waals surface area contributed by atoms with Gasteiger partial charge < -0.3 is 5.32 Å². The van der Waals surface area contributed by atoms with Gasteiger partial charge in [0.1, 0.15) is 11.4 Å². The highest BCUT2D eigenvalue weighted by Crippen LogP contribution is 2.20. The molecule has 0 saturated carbocycles. The molecule has 0 bridgehead atoms. The van der Waals surface area contributed by atoms with Gasteiger partial charge in [-0.2, -0.15) is 0 Å². The Hall–Kier alpha value is -2.25. The van der Waals surface area contributed by atoms with E-state index in [9.17, 15) is 14.0 Å². The van der Waals surface area contributed by atoms with Crippen LogP contribution in [0.2, 0.25) is 5.02 Å². The predicted molar refractivity (Wildman–Crippen MR) is 88.2 cm³/mol. The quantitative estimate of drug-likeness (QED) is 0.769. The van der Waals surface area contributed by atoms with Crippen LogP contribution in [0.15, 0.2) is 29.2 Å². The number of carbonyl (C=O) groups is 1. The van der Waals surface area contributed by atoms with Crippen molar-refractivity contribution in [1.82, 2.24) is 9.38 Å². The third-order valence-corrected chi connectivity index (χ3v) is 4.80. The number of carbonyl (C=O) groups excluding carboxylic acids is 1. The molecular formula is C15H11ClFN3O2S. The molecule has 8 heteroatoms. The summed E-state index contributed by atoms with van der Waals surface area (Å²) < 4.78 is 14.5. The van der Waals surface area contributed by atoms with Crippen LogP contribution in [-0.2, 0) is 0 Å². The molecule has 1 amide bonds. The van der Waals surface area contributed by atoms with Gasteiger partial charge in [-0.3, -0.25) is 14.0 Å². The van der Waals surface area contributed by atoms with E-state index in [4.69, 9.17) is 11.6 Å². The van der Waals surface area contributed by atoms with E-state index in [1.54, 1.807) is 6.92 Å². The molecule has 1 N–H and O–H groups in total. The average molecular weight is 352 g/mol. The second-order valence-corrected chi connectivity index (χ2v) is 6.51. The maximum Gasteiger partial charge on any atom is 0.271 e. The molecule has 0 atom stereocenters. The maximum absolute atomic E-state index is 13.1. The van der Waals surface area contributed by atoms with Crippen LogP contribution in [0, 0.1) is 19.7 Å². The first-order chi connectivity index (χ1) is 10.9. The van der Waals surface area contributed by atoms with Crippen molar-refractivity contribution in [3.8, 4) is 0 Å². The zero-order chi connectivity index (χ0) is 16.7. The number of aromatic nitrogens is 2. The van der Waals surface area contributed by atoms with Crippen molar-refractivity contribution in [2.24, 2.45) is 0 Å². The minimum absolute atomic E-state index is 0.0937. The third-order valence-electron chi connectivity index (χ3n) is 3.44. The summed E-state index contributed by atoms with van der Waals surface area (Å²) in [6, 6.07) is 3.78. The Morgan fingerprint density at radius 1 is 1.39 bits per heavy atom. The van der Waals surface area contributed by atoms with Crippen LogP contribution in [0.4, 0.5) is 10.1 Å². The highest BCUT2D eigenvalue weighted by atomic mass is 35.5. The van der Waals surface area contributed by atoms with E-state index in [-0.39, 0.29) is 10.6 Å². The second-order valence-electron chi connectivity index (χ2n) is 4.92. The number of hydrogen-bond acceptors (Lipinski definition) is 4. The molecule has 0 aliphatic rings. The van der Waals surface area contributed by atoms with Crippen molar-refractivity contribution in [1.29, 1.82) is 0 Å². The zero-order valence-corrected chi connectivity index (χ0v) is 13.8. The summed E-state index contributed by atoms with van der Waals surface area (Å²) in [5.41, 5.74) is 0.512. The van der Waals surface area contributed by atoms with E-state index in [1.165, 1.54) is 34.1 Å². The summed E-state index contributed by atoms with van der Waals surface area (Å²) in [5.74, 6) is -1.21. The monoisotopic (exact) mass is 351 g/mol. The Labute approximate surface area is 139 Å². The van der Waals surface area contributed by atoms with Gasteiger partial charge in [0.05, 0.1) is 5.02 Å². The van der Waals surface area contributed by atoms with Crippen molar-refractivity contribution in [3.63, 3.8) is 0 Å². The topological polar surface area (TPSA) is 63.5 Å². The number of amides is 1. The van der Waals surface area contributed by atoms with E-state index in [1.807, 2.05) is 6.92 Å². The SMILES string of the molecule is Cc1sc2ncc(C(=O)Nc3ccc(F)c(Cl)c3)c(=O)n2c1C. The first-order valence-corrected chi connectivity index (χ1v) is 7.82. The fraction of sp³-hybridized carbons (Fsp3) is 0.133. The van der Waals surface area contributed by atoms with Crippen molar-refractivity contribution in [2.75, 3.05) is 5.32 Å². The molecule has 0 radical (unpaired) electrons. The van der Waals surface area contributed by atoms with Crippen LogP contribution in [0.5, 0.6) is 0 Å². The molecule has 0 spiro atoms. The minimum Gasteiger partial charge on any atom is -0.322 e. The lowest BCUT2D eigenvalue weighted by Gasteiger charge is -2.06. The van der Waals surface area contributed by atoms with Gasteiger partial charge >= 0.3 is 0 Å². The number of hydrogen-bond donors (Lipinski definition) is 1. The minimum atomic E-state index is -0.622. The summed E-state index contributed by atoms with van der Waals surface area (Å²) in [6.45, 7) is 3.68. The first kappa shape index (κ1) is 15.6. The molecule has 2 aromatic heterocycles. The molecule has 0 saturated heterocycles. The Bertz CT molecular complexity index is 996. The lowest BCUT2D eigenvalue weighted by molar-refractivity contribution is 0.102. The van der Waals surface area contributed by atoms with Gasteiger partial charge in [0, 0.05) is 22.5 Å². The maximum atomic E-state index is 13.1. The van der Waals surface area contributed by atoms with Crippen LogP contribution in [0.1, 0.15) is 20.9 Å². The second kappa shape index (κ2) is 5.75. The summed E-state index contributed by atoms with van der Waals surface area (Å²) in [7, 11) is 0. The Morgan fingerprint density at radius 3 is 2.83 bits per heavy atom. The number of rotatable bonds is 2. The molecule has 5 nitrogen and oxygen atoms in total. The molecule has 2 heterocycles. The lowest BCUT2D eigenvalue weighted by Crippen LogP contribution is -2.26. The zero-order valence-electron chi connectivity index (χ0n) is 12.2. The number of aryl methyl sites for hydroxylation is 2. The molecule has 3 rings (SSSR count). The Kier molecular flexibility index (Phi) is 3.91. The summed E-state index contributed by atoms with van der Waals surface area (Å²) in [5, 5.41) is 2.40. The summed E-state index contributed by atoms with van der Waals surface area (Å²) in [6.07, 6.45) is 1.24. The van der Waals surface area contributed by atoms with Gasteiger partial charge in [0.15, 0.2) is 4.96 Å². The largest absolute Gasteiger partial charge is 0.322 e. The van der Waals surface area contributed by atoms with Gasteiger partial charge in [-0.1, -0.05) is 11.6 Å². The van der Waals surface area contributed by atoms with Gasteiger partial charge in [0.25, 0.3) is 11.5 Å². The Balaban J connectivity index is 2.01. The standard InChI is InChI=1S/C15H11ClFN3O2S/c1-7-8(2)23-15-18-6-10(14(22)20(7)15)13(21)19-9-3-4-12(17)11(16)5-9/h3-6H,1-2H3,(H,19,21). The van der Waals surface area contributed by atoms with Crippen molar-refractivity contribution in [2.45, 2.75) is 13.8 Å². The van der Waals surface area contributed by atoms with Crippen molar-refractivity contribution in [3.05, 3.63) is 61.7 Å². The van der Waals surface area contributed by atoms with Crippen LogP contribution in [0.25, 0.3) is 4.96 Å². The molecule has 0 aliphatic heterocycles. The fourth-order valence-corrected chi connectivity index (χ4v) is 3.21. The molecule has 0 aliphatic carbocycles. The van der Waals surface area contributed by atoms with E-state index >= 15 is 0 Å². The molecule has 0 fully saturated rings. The average Bonchev–Trinajstić information content (AvgIpc) is 2.79. The number of benzene rings is 1. The highest BCUT2D eigenvalue weighted by molar-refractivity contribution is 7.17. The smallest absolute Gasteiger partial charge is 0.271 e. The molecule has 1 aromatic carbocycles. The Morgan fingerprint density at radius 2 is 2.13 bits per heavy atom. The molecule has 118 valence electrons. The molecule has 3 aromatic rings. The van der Waals surface area contributed by atoms with Crippen LogP contribution in [0.3, 0.4) is 0 Å². The number of halogens is 2. The van der Waals surface area contributed by atoms with Crippen LogP contribution in [-0.4, -0.2) is 15.3 Å². The fourth-order valence-electron chi connectivity index (χ4n) is 2.10. The van der Waals surface area contributed by atoms with Crippen molar-refractivity contribution >= 4 is 39.5 Å². The number of thiazole rings is 1. The normalized spacial score (nSPS) is 11.0. The summed E-state index contributed by atoms with van der Waals surface area (Å²) in [4.78, 5) is 30.4. The number of anilines is 1. The number of nitrogens with zero attached hydrogens (tertiary/aromatic N) is 2. The van der Waals surface area contributed by atoms with E-state index < -0.39 is 17.3 Å². The van der Waals surface area contributed by atoms with E-state index in [0.29, 0.717) is 10.6 Å². The lowest BCUT2D eigenvalue weighted by atomic mass is 10.2. The van der Waals surface area contributed by atoms with E-state index in [2.05, 4.69) is 10.3 Å². The highest BCUT2D eigenvalue weighted by Gasteiger charge is 2.17. The van der Waals surface area contributed by atoms with Gasteiger partial charge in [-0.05, 0) is 32.0 Å². The van der Waals surface area contributed by atoms with E-state index in [0.717, 1.165) is 16.6 Å². The van der Waals surface area contributed by atoms with Crippen LogP contribution >= 0.6 is 22.9 Å². The van der Waals surface area contributed by atoms with Gasteiger partial charge in [-0.15, -0.1) is 11.3 Å². The first-order valence-electron chi connectivity index (χ1n) is 6.62. The van der Waals surface area contributed by atoms with Gasteiger partial charge in [-0.25, -0.2) is 9.37 Å².